The fourth-order valence-electron chi connectivity index (χ4n) is 2.63. The molecule has 5 heteroatoms. The fourth-order valence-corrected chi connectivity index (χ4v) is 3.52. The Bertz CT molecular complexity index is 968. The second-order valence-corrected chi connectivity index (χ2v) is 6.13. The van der Waals surface area contributed by atoms with Crippen molar-refractivity contribution in [2.24, 2.45) is 7.05 Å². The van der Waals surface area contributed by atoms with Crippen molar-refractivity contribution in [3.05, 3.63) is 53.8 Å². The van der Waals surface area contributed by atoms with Gasteiger partial charge in [-0.05, 0) is 30.0 Å². The minimum absolute atomic E-state index is 0.969. The molecule has 0 aliphatic carbocycles. The second-order valence-electron chi connectivity index (χ2n) is 5.28. The summed E-state index contributed by atoms with van der Waals surface area (Å²) in [6.07, 6.45) is 3.59. The van der Waals surface area contributed by atoms with E-state index in [1.54, 1.807) is 17.7 Å². The molecule has 0 amide bonds. The zero-order valence-electron chi connectivity index (χ0n) is 12.3. The highest BCUT2D eigenvalue weighted by Gasteiger charge is 2.11. The lowest BCUT2D eigenvalue weighted by atomic mass is 10.0. The van der Waals surface area contributed by atoms with Crippen LogP contribution in [0.4, 0.5) is 0 Å². The Morgan fingerprint density at radius 3 is 2.77 bits per heavy atom. The monoisotopic (exact) mass is 306 g/mol. The van der Waals surface area contributed by atoms with Crippen molar-refractivity contribution in [3.8, 4) is 22.5 Å². The molecule has 1 aromatic carbocycles. The van der Waals surface area contributed by atoms with Crippen LogP contribution < -0.4 is 0 Å². The van der Waals surface area contributed by atoms with Gasteiger partial charge in [0.25, 0.3) is 0 Å². The predicted molar refractivity (Wildman–Crippen MR) is 89.8 cm³/mol. The average Bonchev–Trinajstić information content (AvgIpc) is 3.14. The lowest BCUT2D eigenvalue weighted by Crippen LogP contribution is -1.90. The first-order chi connectivity index (χ1) is 10.7. The molecule has 0 saturated carbocycles. The molecule has 0 aliphatic heterocycles. The van der Waals surface area contributed by atoms with Crippen LogP contribution in [0.1, 0.15) is 5.56 Å². The topological polar surface area (TPSA) is 43.6 Å². The van der Waals surface area contributed by atoms with Crippen molar-refractivity contribution in [2.75, 3.05) is 0 Å². The van der Waals surface area contributed by atoms with Gasteiger partial charge >= 0.3 is 0 Å². The number of aryl methyl sites for hydroxylation is 2. The normalized spacial score (nSPS) is 11.2. The van der Waals surface area contributed by atoms with Crippen LogP contribution in [-0.2, 0) is 7.05 Å². The molecule has 4 nitrogen and oxygen atoms in total. The van der Waals surface area contributed by atoms with Crippen LogP contribution >= 0.6 is 11.3 Å². The van der Waals surface area contributed by atoms with E-state index in [-0.39, 0.29) is 0 Å². The number of hydrogen-bond donors (Lipinski definition) is 0. The van der Waals surface area contributed by atoms with Crippen molar-refractivity contribution < 1.29 is 0 Å². The number of fused-ring (bicyclic) bond motifs is 1. The van der Waals surface area contributed by atoms with E-state index in [0.29, 0.717) is 0 Å². The molecule has 22 heavy (non-hydrogen) atoms. The summed E-state index contributed by atoms with van der Waals surface area (Å²) in [6, 6.07) is 10.4. The third kappa shape index (κ3) is 2.10. The summed E-state index contributed by atoms with van der Waals surface area (Å²) in [4.78, 5) is 9.92. The molecule has 4 rings (SSSR count). The van der Waals surface area contributed by atoms with Crippen molar-refractivity contribution in [3.63, 3.8) is 0 Å². The largest absolute Gasteiger partial charge is 0.275 e. The van der Waals surface area contributed by atoms with Gasteiger partial charge in [0, 0.05) is 29.8 Å². The molecular weight excluding hydrogens is 292 g/mol. The summed E-state index contributed by atoms with van der Waals surface area (Å²) >= 11 is 1.66. The van der Waals surface area contributed by atoms with E-state index in [0.717, 1.165) is 32.7 Å². The number of hydrogen-bond acceptors (Lipinski definition) is 4. The third-order valence-corrected chi connectivity index (χ3v) is 4.70. The summed E-state index contributed by atoms with van der Waals surface area (Å²) in [5.41, 5.74) is 5.37. The molecule has 3 heterocycles. The number of benzene rings is 1. The van der Waals surface area contributed by atoms with Gasteiger partial charge in [0.05, 0.1) is 11.4 Å². The van der Waals surface area contributed by atoms with Gasteiger partial charge in [0.15, 0.2) is 0 Å². The van der Waals surface area contributed by atoms with E-state index < -0.39 is 0 Å². The Hall–Kier alpha value is -2.53. The molecule has 0 spiro atoms. The minimum Gasteiger partial charge on any atom is -0.275 e. The van der Waals surface area contributed by atoms with Gasteiger partial charge in [-0.1, -0.05) is 18.2 Å². The van der Waals surface area contributed by atoms with E-state index in [4.69, 9.17) is 0 Å². The number of nitrogens with zero attached hydrogens (tertiary/aromatic N) is 4. The zero-order valence-corrected chi connectivity index (χ0v) is 13.1. The maximum Gasteiger partial charge on any atom is 0.127 e. The average molecular weight is 306 g/mol. The first-order valence-corrected chi connectivity index (χ1v) is 7.89. The molecule has 0 unspecified atom stereocenters. The maximum atomic E-state index is 4.52. The molecule has 4 aromatic rings. The molecule has 0 atom stereocenters. The van der Waals surface area contributed by atoms with Gasteiger partial charge < -0.3 is 0 Å². The Labute approximate surface area is 132 Å². The smallest absolute Gasteiger partial charge is 0.127 e. The molecular formula is C17H14N4S. The number of aromatic nitrogens is 4. The van der Waals surface area contributed by atoms with Crippen LogP contribution in [0.15, 0.2) is 48.2 Å². The first kappa shape index (κ1) is 13.2. The summed E-state index contributed by atoms with van der Waals surface area (Å²) in [5.74, 6) is 0. The Balaban J connectivity index is 1.90. The molecule has 0 N–H and O–H groups in total. The highest BCUT2D eigenvalue weighted by molar-refractivity contribution is 7.17. The fraction of sp³-hybridized carbons (Fsp3) is 0.118. The van der Waals surface area contributed by atoms with E-state index in [1.165, 1.54) is 5.56 Å². The van der Waals surface area contributed by atoms with Crippen LogP contribution in [0, 0.1) is 6.92 Å². The van der Waals surface area contributed by atoms with Gasteiger partial charge in [-0.2, -0.15) is 5.10 Å². The Morgan fingerprint density at radius 1 is 1.09 bits per heavy atom. The highest BCUT2D eigenvalue weighted by atomic mass is 32.1. The highest BCUT2D eigenvalue weighted by Crippen LogP contribution is 2.33. The summed E-state index contributed by atoms with van der Waals surface area (Å²) in [5, 5.41) is 7.75. The van der Waals surface area contributed by atoms with E-state index in [9.17, 15) is 0 Å². The van der Waals surface area contributed by atoms with Crippen LogP contribution in [0.5, 0.6) is 0 Å². The summed E-state index contributed by atoms with van der Waals surface area (Å²) in [6.45, 7) is 2.11. The van der Waals surface area contributed by atoms with Crippen LogP contribution in [0.2, 0.25) is 0 Å². The molecule has 108 valence electrons. The Morgan fingerprint density at radius 2 is 1.95 bits per heavy atom. The van der Waals surface area contributed by atoms with Gasteiger partial charge in [0.1, 0.15) is 11.2 Å². The minimum atomic E-state index is 0.969. The lowest BCUT2D eigenvalue weighted by molar-refractivity contribution is 0.771. The van der Waals surface area contributed by atoms with Crippen LogP contribution in [-0.4, -0.2) is 19.7 Å². The van der Waals surface area contributed by atoms with Gasteiger partial charge in [-0.3, -0.25) is 4.68 Å². The molecule has 0 radical (unpaired) electrons. The molecule has 0 fully saturated rings. The van der Waals surface area contributed by atoms with Crippen molar-refractivity contribution in [2.45, 2.75) is 6.92 Å². The molecule has 0 aliphatic rings. The standard InChI is InChI=1S/C17H14N4S/c1-11-9-22-17-15(11)16(18-10-19-17)13-5-3-4-12(8-13)14-6-7-21(2)20-14/h3-10H,1-2H3. The predicted octanol–water partition coefficient (Wildman–Crippen LogP) is 4.07. The van der Waals surface area contributed by atoms with Gasteiger partial charge in [-0.15, -0.1) is 11.3 Å². The SMILES string of the molecule is Cc1csc2ncnc(-c3cccc(-c4ccn(C)n4)c3)c12. The molecule has 0 saturated heterocycles. The van der Waals surface area contributed by atoms with Gasteiger partial charge in [-0.25, -0.2) is 9.97 Å². The molecule has 3 aromatic heterocycles. The summed E-state index contributed by atoms with van der Waals surface area (Å²) in [7, 11) is 1.93. The van der Waals surface area contributed by atoms with Crippen molar-refractivity contribution >= 4 is 21.6 Å². The number of rotatable bonds is 2. The summed E-state index contributed by atoms with van der Waals surface area (Å²) < 4.78 is 1.81. The van der Waals surface area contributed by atoms with E-state index in [2.05, 4.69) is 51.6 Å². The van der Waals surface area contributed by atoms with Crippen molar-refractivity contribution in [1.82, 2.24) is 19.7 Å². The lowest BCUT2D eigenvalue weighted by Gasteiger charge is -2.05. The van der Waals surface area contributed by atoms with Crippen LogP contribution in [0.25, 0.3) is 32.7 Å². The number of thiophene rings is 1. The first-order valence-electron chi connectivity index (χ1n) is 7.01. The molecule has 0 bridgehead atoms. The van der Waals surface area contributed by atoms with E-state index >= 15 is 0 Å². The van der Waals surface area contributed by atoms with E-state index in [1.807, 2.05) is 24.0 Å². The Kier molecular flexibility index (Phi) is 3.01. The quantitative estimate of drug-likeness (QED) is 0.561. The van der Waals surface area contributed by atoms with Gasteiger partial charge in [0.2, 0.25) is 0 Å². The maximum absolute atomic E-state index is 4.52. The second kappa shape index (κ2) is 5.03. The third-order valence-electron chi connectivity index (χ3n) is 3.70. The van der Waals surface area contributed by atoms with Crippen LogP contribution in [0.3, 0.4) is 0 Å². The zero-order chi connectivity index (χ0) is 15.1. The van der Waals surface area contributed by atoms with Crippen molar-refractivity contribution in [1.29, 1.82) is 0 Å².